The summed E-state index contributed by atoms with van der Waals surface area (Å²) in [6.07, 6.45) is 0.761. The topological polar surface area (TPSA) is 20.2 Å². The quantitative estimate of drug-likeness (QED) is 0.275. The first-order valence-corrected chi connectivity index (χ1v) is 14.5. The maximum absolute atomic E-state index is 10.6. The van der Waals surface area contributed by atoms with Crippen molar-refractivity contribution in [3.05, 3.63) is 121 Å². The molecule has 0 atom stereocenters. The second-order valence-electron chi connectivity index (χ2n) is 6.98. The van der Waals surface area contributed by atoms with Crippen molar-refractivity contribution >= 4 is 42.2 Å². The molecule has 1 nitrogen and oxygen atoms in total. The predicted molar refractivity (Wildman–Crippen MR) is 131 cm³/mol. The van der Waals surface area contributed by atoms with Crippen molar-refractivity contribution in [2.75, 3.05) is 0 Å². The summed E-state index contributed by atoms with van der Waals surface area (Å²) in [6.45, 7) is 0. The number of rotatable bonds is 5. The molecule has 0 fully saturated rings. The van der Waals surface area contributed by atoms with Gasteiger partial charge in [0.15, 0.2) is 0 Å². The number of phenols is 1. The summed E-state index contributed by atoms with van der Waals surface area (Å²) >= 11 is 2.75. The molecule has 0 bridgehead atoms. The number of phenolic OH excluding ortho intramolecular Hbond substituents is 1. The number of halogens is 1. The molecule has 0 aliphatic carbocycles. The van der Waals surface area contributed by atoms with Gasteiger partial charge in [0.25, 0.3) is 0 Å². The Balaban J connectivity index is 2.11. The molecule has 28 heavy (non-hydrogen) atoms. The monoisotopic (exact) mass is 496 g/mol. The molecule has 0 saturated carbocycles. The van der Waals surface area contributed by atoms with Crippen LogP contribution in [0.3, 0.4) is 0 Å². The molecule has 0 aliphatic heterocycles. The summed E-state index contributed by atoms with van der Waals surface area (Å²) in [4.78, 5) is 0. The van der Waals surface area contributed by atoms with Crippen LogP contribution >= 0.6 is 26.3 Å². The first-order valence-electron chi connectivity index (χ1n) is 9.29. The van der Waals surface area contributed by atoms with Gasteiger partial charge in [0, 0.05) is 0 Å². The Morgan fingerprint density at radius 3 is 1.29 bits per heavy atom. The van der Waals surface area contributed by atoms with Crippen LogP contribution in [0.1, 0.15) is 5.56 Å². The third-order valence-electron chi connectivity index (χ3n) is 5.34. The summed E-state index contributed by atoms with van der Waals surface area (Å²) in [5.74, 6) is 0.357. The van der Waals surface area contributed by atoms with Gasteiger partial charge in [-0.15, -0.1) is 0 Å². The molecule has 0 heterocycles. The third-order valence-corrected chi connectivity index (χ3v) is 16.4. The zero-order chi connectivity index (χ0) is 19.5. The van der Waals surface area contributed by atoms with Crippen LogP contribution in [0.5, 0.6) is 5.75 Å². The third kappa shape index (κ3) is 3.15. The van der Waals surface area contributed by atoms with Crippen molar-refractivity contribution in [2.45, 2.75) is 6.16 Å². The van der Waals surface area contributed by atoms with Gasteiger partial charge in [-0.2, -0.15) is 0 Å². The number of benzene rings is 4. The number of hydrogen-bond acceptors (Lipinski definition) is 1. The second kappa shape index (κ2) is 7.69. The van der Waals surface area contributed by atoms with E-state index in [9.17, 15) is 5.11 Å². The molecule has 0 radical (unpaired) electrons. The van der Waals surface area contributed by atoms with Gasteiger partial charge in [-0.3, -0.25) is 0 Å². The first-order chi connectivity index (χ1) is 13.6. The second-order valence-corrected chi connectivity index (χ2v) is 17.6. The first kappa shape index (κ1) is 19.2. The van der Waals surface area contributed by atoms with Gasteiger partial charge < -0.3 is 0 Å². The van der Waals surface area contributed by atoms with E-state index in [1.54, 1.807) is 6.07 Å². The molecule has 0 aliphatic rings. The maximum atomic E-state index is 10.6. The fourth-order valence-electron chi connectivity index (χ4n) is 3.90. The molecular formula is C25H22IOP. The van der Waals surface area contributed by atoms with Gasteiger partial charge in [-0.05, 0) is 0 Å². The van der Waals surface area contributed by atoms with E-state index in [1.165, 1.54) is 15.9 Å². The molecule has 0 spiro atoms. The number of hydrogen-bond donors (Lipinski definition) is 1. The van der Waals surface area contributed by atoms with E-state index in [4.69, 9.17) is 0 Å². The van der Waals surface area contributed by atoms with Crippen LogP contribution in [0, 0.1) is 0 Å². The molecule has 4 aromatic rings. The van der Waals surface area contributed by atoms with Crippen molar-refractivity contribution in [2.24, 2.45) is 0 Å². The summed E-state index contributed by atoms with van der Waals surface area (Å²) in [5.41, 5.74) is 0.978. The van der Waals surface area contributed by atoms with Gasteiger partial charge in [0.2, 0.25) is 0 Å². The van der Waals surface area contributed by atoms with Crippen molar-refractivity contribution in [1.82, 2.24) is 0 Å². The van der Waals surface area contributed by atoms with Gasteiger partial charge in [0.1, 0.15) is 0 Å². The molecule has 0 saturated heterocycles. The molecule has 1 N–H and O–H groups in total. The molecule has 0 amide bonds. The van der Waals surface area contributed by atoms with Gasteiger partial charge in [-0.25, -0.2) is 0 Å². The van der Waals surface area contributed by atoms with Gasteiger partial charge in [-0.1, -0.05) is 0 Å². The average molecular weight is 496 g/mol. The van der Waals surface area contributed by atoms with Gasteiger partial charge >= 0.3 is 180 Å². The van der Waals surface area contributed by atoms with Crippen LogP contribution < -0.4 is 15.9 Å². The van der Waals surface area contributed by atoms with Crippen molar-refractivity contribution in [3.8, 4) is 5.75 Å². The molecule has 0 aromatic heterocycles. The van der Waals surface area contributed by atoms with Crippen molar-refractivity contribution < 1.29 is 5.11 Å². The van der Waals surface area contributed by atoms with E-state index < -0.39 is 4.25 Å². The molecule has 140 valence electrons. The van der Waals surface area contributed by atoms with E-state index in [1.807, 2.05) is 18.2 Å². The van der Waals surface area contributed by atoms with Crippen LogP contribution in [0.25, 0.3) is 0 Å². The molecule has 3 heteroatoms. The van der Waals surface area contributed by atoms with Crippen LogP contribution in [0.2, 0.25) is 0 Å². The van der Waals surface area contributed by atoms with E-state index in [0.717, 1.165) is 11.7 Å². The average Bonchev–Trinajstić information content (AvgIpc) is 2.77. The molecule has 0 unspecified atom stereocenters. The predicted octanol–water partition coefficient (Wildman–Crippen LogP) is 5.77. The molecular weight excluding hydrogens is 474 g/mol. The fraction of sp³-hybridized carbons (Fsp3) is 0.0400. The summed E-state index contributed by atoms with van der Waals surface area (Å²) in [5, 5.41) is 14.6. The number of para-hydroxylation sites is 1. The van der Waals surface area contributed by atoms with Gasteiger partial charge in [0.05, 0.1) is 0 Å². The van der Waals surface area contributed by atoms with Crippen LogP contribution in [0.15, 0.2) is 115 Å². The summed E-state index contributed by atoms with van der Waals surface area (Å²) in [7, 11) is 0. The molecule has 4 aromatic carbocycles. The Labute approximate surface area is 179 Å². The van der Waals surface area contributed by atoms with E-state index in [2.05, 4.69) is 113 Å². The fourth-order valence-corrected chi connectivity index (χ4v) is 12.6. The van der Waals surface area contributed by atoms with E-state index in [-0.39, 0.29) is 0 Å². The Hall–Kier alpha value is -2.16. The SMILES string of the molecule is Oc1ccccc1CP(I)(c1ccccc1)(c1ccccc1)c1ccccc1. The zero-order valence-electron chi connectivity index (χ0n) is 15.4. The van der Waals surface area contributed by atoms with Crippen LogP contribution in [-0.4, -0.2) is 5.11 Å². The Morgan fingerprint density at radius 1 is 0.536 bits per heavy atom. The Morgan fingerprint density at radius 2 is 0.893 bits per heavy atom. The van der Waals surface area contributed by atoms with E-state index in [0.29, 0.717) is 5.75 Å². The van der Waals surface area contributed by atoms with Crippen molar-refractivity contribution in [3.63, 3.8) is 0 Å². The van der Waals surface area contributed by atoms with Crippen LogP contribution in [-0.2, 0) is 6.16 Å². The summed E-state index contributed by atoms with van der Waals surface area (Å²) in [6, 6.07) is 40.1. The Kier molecular flexibility index (Phi) is 5.27. The Bertz CT molecular complexity index is 966. The minimum absolute atomic E-state index is 0.357. The van der Waals surface area contributed by atoms with Crippen LogP contribution in [0.4, 0.5) is 0 Å². The van der Waals surface area contributed by atoms with Crippen molar-refractivity contribution in [1.29, 1.82) is 0 Å². The normalized spacial score (nSPS) is 12.8. The summed E-state index contributed by atoms with van der Waals surface area (Å²) < 4.78 is -2.90. The molecule has 4 rings (SSSR count). The standard InChI is InChI=1S/C25H22IOP/c26-28(22-13-4-1-5-14-22,23-15-6-2-7-16-23,24-17-8-3-9-18-24)20-21-12-10-11-19-25(21)27/h1-19,27H,20H2. The zero-order valence-corrected chi connectivity index (χ0v) is 18.5. The number of aromatic hydroxyl groups is 1. The minimum atomic E-state index is -2.90. The van der Waals surface area contributed by atoms with E-state index >= 15 is 0 Å².